The molecule has 0 saturated heterocycles. The minimum atomic E-state index is -3.62. The fourth-order valence-electron chi connectivity index (χ4n) is 3.07. The maximum Gasteiger partial charge on any atom is 0.247 e. The summed E-state index contributed by atoms with van der Waals surface area (Å²) in [5, 5.41) is 2.82. The number of hydrogen-bond acceptors (Lipinski definition) is 3. The minimum absolute atomic E-state index is 0.369. The van der Waals surface area contributed by atoms with Crippen molar-refractivity contribution in [2.45, 2.75) is 52.5 Å². The van der Waals surface area contributed by atoms with E-state index in [4.69, 9.17) is 0 Å². The highest BCUT2D eigenvalue weighted by Crippen LogP contribution is 2.22. The smallest absolute Gasteiger partial charge is 0.247 e. The largest absolute Gasteiger partial charge is 0.324 e. The Balaban J connectivity index is 2.17. The van der Waals surface area contributed by atoms with Gasteiger partial charge in [-0.05, 0) is 61.6 Å². The van der Waals surface area contributed by atoms with E-state index in [1.165, 1.54) is 5.56 Å². The molecular weight excluding hydrogens is 372 g/mol. The molecule has 0 aliphatic heterocycles. The Morgan fingerprint density at radius 3 is 2.07 bits per heavy atom. The number of carbonyl (C=O) groups is 1. The predicted molar refractivity (Wildman–Crippen MR) is 116 cm³/mol. The molecule has 0 bridgehead atoms. The molecule has 5 nitrogen and oxygen atoms in total. The minimum Gasteiger partial charge on any atom is -0.324 e. The highest BCUT2D eigenvalue weighted by atomic mass is 32.2. The van der Waals surface area contributed by atoms with Crippen molar-refractivity contribution < 1.29 is 13.2 Å². The Kier molecular flexibility index (Phi) is 7.63. The molecule has 0 aromatic heterocycles. The van der Waals surface area contributed by atoms with Gasteiger partial charge in [-0.25, -0.2) is 8.42 Å². The molecule has 0 spiro atoms. The standard InChI is InChI=1S/C22H30N2O3S/c1-5-7-8-19-9-13-20(14-10-19)23-22(25)17(3)24(28(4,26)27)21-15-11-18(6-2)12-16-21/h9-17H,5-8H2,1-4H3,(H,23,25)/t17-/m1/s1. The summed E-state index contributed by atoms with van der Waals surface area (Å²) in [6, 6.07) is 14.1. The van der Waals surface area contributed by atoms with E-state index >= 15 is 0 Å². The summed E-state index contributed by atoms with van der Waals surface area (Å²) >= 11 is 0. The van der Waals surface area contributed by atoms with Gasteiger partial charge in [-0.2, -0.15) is 0 Å². The van der Waals surface area contributed by atoms with Crippen LogP contribution in [0.3, 0.4) is 0 Å². The lowest BCUT2D eigenvalue weighted by Crippen LogP contribution is -2.45. The van der Waals surface area contributed by atoms with E-state index in [-0.39, 0.29) is 5.91 Å². The van der Waals surface area contributed by atoms with E-state index in [1.807, 2.05) is 43.3 Å². The van der Waals surface area contributed by atoms with E-state index < -0.39 is 16.1 Å². The van der Waals surface area contributed by atoms with Crippen molar-refractivity contribution in [2.75, 3.05) is 15.9 Å². The summed E-state index contributed by atoms with van der Waals surface area (Å²) in [6.45, 7) is 5.78. The number of sulfonamides is 1. The fourth-order valence-corrected chi connectivity index (χ4v) is 4.24. The van der Waals surface area contributed by atoms with Gasteiger partial charge in [0.15, 0.2) is 0 Å². The summed E-state index contributed by atoms with van der Waals surface area (Å²) in [5.74, 6) is -0.369. The molecule has 1 amide bonds. The van der Waals surface area contributed by atoms with E-state index in [2.05, 4.69) is 12.2 Å². The van der Waals surface area contributed by atoms with Crippen molar-refractivity contribution in [3.8, 4) is 0 Å². The number of benzene rings is 2. The SMILES string of the molecule is CCCCc1ccc(NC(=O)[C@@H](C)N(c2ccc(CC)cc2)S(C)(=O)=O)cc1. The molecule has 0 unspecified atom stereocenters. The van der Waals surface area contributed by atoms with Gasteiger partial charge in [-0.3, -0.25) is 9.10 Å². The number of amides is 1. The molecule has 1 atom stereocenters. The zero-order valence-corrected chi connectivity index (χ0v) is 17.9. The Bertz CT molecular complexity index is 875. The van der Waals surface area contributed by atoms with Crippen molar-refractivity contribution in [1.82, 2.24) is 0 Å². The Morgan fingerprint density at radius 1 is 1.00 bits per heavy atom. The number of rotatable bonds is 9. The number of carbonyl (C=O) groups excluding carboxylic acids is 1. The molecule has 28 heavy (non-hydrogen) atoms. The molecule has 0 heterocycles. The van der Waals surface area contributed by atoms with Crippen LogP contribution in [-0.4, -0.2) is 26.6 Å². The second-order valence-corrected chi connectivity index (χ2v) is 8.90. The molecular formula is C22H30N2O3S. The molecule has 1 N–H and O–H groups in total. The molecule has 2 aromatic carbocycles. The lowest BCUT2D eigenvalue weighted by molar-refractivity contribution is -0.116. The first-order valence-electron chi connectivity index (χ1n) is 9.74. The van der Waals surface area contributed by atoms with Gasteiger partial charge in [-0.1, -0.05) is 44.5 Å². The third-order valence-corrected chi connectivity index (χ3v) is 5.97. The van der Waals surface area contributed by atoms with Gasteiger partial charge < -0.3 is 5.32 Å². The van der Waals surface area contributed by atoms with Gasteiger partial charge in [0.1, 0.15) is 6.04 Å². The highest BCUT2D eigenvalue weighted by Gasteiger charge is 2.29. The third-order valence-electron chi connectivity index (χ3n) is 4.73. The van der Waals surface area contributed by atoms with Crippen LogP contribution in [0.5, 0.6) is 0 Å². The first kappa shape index (κ1) is 22.0. The lowest BCUT2D eigenvalue weighted by atomic mass is 10.1. The van der Waals surface area contributed by atoms with Crippen LogP contribution in [0.1, 0.15) is 44.7 Å². The van der Waals surface area contributed by atoms with Crippen molar-refractivity contribution in [1.29, 1.82) is 0 Å². The number of aryl methyl sites for hydroxylation is 2. The number of nitrogens with one attached hydrogen (secondary N) is 1. The Hall–Kier alpha value is -2.34. The molecule has 0 saturated carbocycles. The van der Waals surface area contributed by atoms with Crippen molar-refractivity contribution in [3.05, 3.63) is 59.7 Å². The summed E-state index contributed by atoms with van der Waals surface area (Å²) < 4.78 is 25.9. The van der Waals surface area contributed by atoms with E-state index in [1.54, 1.807) is 19.1 Å². The van der Waals surface area contributed by atoms with Gasteiger partial charge in [0, 0.05) is 5.69 Å². The monoisotopic (exact) mass is 402 g/mol. The van der Waals surface area contributed by atoms with Gasteiger partial charge in [0.25, 0.3) is 0 Å². The first-order chi connectivity index (χ1) is 13.3. The summed E-state index contributed by atoms with van der Waals surface area (Å²) in [4.78, 5) is 12.7. The maximum atomic E-state index is 12.7. The fraction of sp³-hybridized carbons (Fsp3) is 0.409. The average Bonchev–Trinajstić information content (AvgIpc) is 2.67. The predicted octanol–water partition coefficient (Wildman–Crippen LogP) is 4.38. The van der Waals surface area contributed by atoms with Gasteiger partial charge in [0.2, 0.25) is 15.9 Å². The van der Waals surface area contributed by atoms with Crippen LogP contribution in [0.15, 0.2) is 48.5 Å². The van der Waals surface area contributed by atoms with Gasteiger partial charge in [0.05, 0.1) is 11.9 Å². The van der Waals surface area contributed by atoms with Crippen LogP contribution in [0.4, 0.5) is 11.4 Å². The number of anilines is 2. The second kappa shape index (κ2) is 9.73. The number of hydrogen-bond donors (Lipinski definition) is 1. The van der Waals surface area contributed by atoms with Crippen LogP contribution in [0, 0.1) is 0 Å². The van der Waals surface area contributed by atoms with Crippen molar-refractivity contribution in [3.63, 3.8) is 0 Å². The molecule has 0 aliphatic carbocycles. The molecule has 0 radical (unpaired) electrons. The summed E-state index contributed by atoms with van der Waals surface area (Å²) in [5.41, 5.74) is 3.48. The molecule has 0 aliphatic rings. The zero-order chi connectivity index (χ0) is 20.7. The first-order valence-corrected chi connectivity index (χ1v) is 11.6. The second-order valence-electron chi connectivity index (χ2n) is 7.04. The Labute approximate surface area is 168 Å². The molecule has 2 aromatic rings. The Morgan fingerprint density at radius 2 is 1.57 bits per heavy atom. The summed E-state index contributed by atoms with van der Waals surface area (Å²) in [7, 11) is -3.62. The van der Waals surface area contributed by atoms with Crippen molar-refractivity contribution in [2.24, 2.45) is 0 Å². The van der Waals surface area contributed by atoms with Crippen LogP contribution in [0.25, 0.3) is 0 Å². The average molecular weight is 403 g/mol. The van der Waals surface area contributed by atoms with Crippen LogP contribution in [0.2, 0.25) is 0 Å². The van der Waals surface area contributed by atoms with Gasteiger partial charge in [-0.15, -0.1) is 0 Å². The van der Waals surface area contributed by atoms with E-state index in [0.717, 1.165) is 41.8 Å². The van der Waals surface area contributed by atoms with E-state index in [0.29, 0.717) is 11.4 Å². The molecule has 152 valence electrons. The molecule has 2 rings (SSSR count). The quantitative estimate of drug-likeness (QED) is 0.677. The third kappa shape index (κ3) is 5.83. The maximum absolute atomic E-state index is 12.7. The summed E-state index contributed by atoms with van der Waals surface area (Å²) in [6.07, 6.45) is 5.26. The topological polar surface area (TPSA) is 66.5 Å². The van der Waals surface area contributed by atoms with Crippen LogP contribution < -0.4 is 9.62 Å². The lowest BCUT2D eigenvalue weighted by Gasteiger charge is -2.28. The number of unbranched alkanes of at least 4 members (excludes halogenated alkanes) is 1. The normalized spacial score (nSPS) is 12.4. The zero-order valence-electron chi connectivity index (χ0n) is 17.1. The van der Waals surface area contributed by atoms with Crippen LogP contribution in [-0.2, 0) is 27.7 Å². The highest BCUT2D eigenvalue weighted by molar-refractivity contribution is 7.92. The van der Waals surface area contributed by atoms with Crippen LogP contribution >= 0.6 is 0 Å². The molecule has 6 heteroatoms. The number of nitrogens with zero attached hydrogens (tertiary/aromatic N) is 1. The van der Waals surface area contributed by atoms with Crippen molar-refractivity contribution >= 4 is 27.3 Å². The molecule has 0 fully saturated rings. The van der Waals surface area contributed by atoms with Gasteiger partial charge >= 0.3 is 0 Å². The van der Waals surface area contributed by atoms with E-state index in [9.17, 15) is 13.2 Å².